The monoisotopic (exact) mass is 222 g/mol. The molecule has 0 radical (unpaired) electrons. The summed E-state index contributed by atoms with van der Waals surface area (Å²) in [5.41, 5.74) is 2.85. The Hall–Kier alpha value is -0.870. The molecule has 16 heavy (non-hydrogen) atoms. The van der Waals surface area contributed by atoms with Gasteiger partial charge in [-0.1, -0.05) is 0 Å². The lowest BCUT2D eigenvalue weighted by molar-refractivity contribution is 0.369. The van der Waals surface area contributed by atoms with Crippen LogP contribution in [0.5, 0.6) is 0 Å². The lowest BCUT2D eigenvalue weighted by Crippen LogP contribution is -2.20. The molecule has 1 saturated carbocycles. The molecule has 1 N–H and O–H groups in total. The summed E-state index contributed by atoms with van der Waals surface area (Å²) in [4.78, 5) is 2.20. The van der Waals surface area contributed by atoms with Crippen LogP contribution in [-0.4, -0.2) is 42.4 Å². The van der Waals surface area contributed by atoms with Crippen LogP contribution in [0.15, 0.2) is 6.20 Å². The van der Waals surface area contributed by atoms with Gasteiger partial charge in [-0.05, 0) is 34.0 Å². The highest BCUT2D eigenvalue weighted by Gasteiger charge is 2.29. The van der Waals surface area contributed by atoms with Crippen LogP contribution in [0.4, 0.5) is 0 Å². The van der Waals surface area contributed by atoms with Crippen LogP contribution in [0.2, 0.25) is 0 Å². The summed E-state index contributed by atoms with van der Waals surface area (Å²) in [6.45, 7) is 3.00. The average Bonchev–Trinajstić information content (AvgIpc) is 2.99. The van der Waals surface area contributed by atoms with Crippen molar-refractivity contribution in [2.24, 2.45) is 0 Å². The maximum Gasteiger partial charge on any atom is 0.0539 e. The Labute approximate surface area is 97.6 Å². The first-order valence-electron chi connectivity index (χ1n) is 6.06. The zero-order valence-corrected chi connectivity index (χ0v) is 10.5. The van der Waals surface area contributed by atoms with Gasteiger partial charge in [-0.15, -0.1) is 0 Å². The van der Waals surface area contributed by atoms with Crippen molar-refractivity contribution in [1.29, 1.82) is 0 Å². The highest BCUT2D eigenvalue weighted by Crippen LogP contribution is 2.41. The normalized spacial score (nSPS) is 16.0. The van der Waals surface area contributed by atoms with Gasteiger partial charge in [-0.3, -0.25) is 4.68 Å². The fourth-order valence-corrected chi connectivity index (χ4v) is 2.06. The van der Waals surface area contributed by atoms with Crippen molar-refractivity contribution < 1.29 is 0 Å². The van der Waals surface area contributed by atoms with E-state index in [-0.39, 0.29) is 0 Å². The summed E-state index contributed by atoms with van der Waals surface area (Å²) in [7, 11) is 6.21. The van der Waals surface area contributed by atoms with E-state index in [0.717, 1.165) is 25.6 Å². The van der Waals surface area contributed by atoms with Crippen LogP contribution in [0, 0.1) is 0 Å². The number of nitrogens with zero attached hydrogens (tertiary/aromatic N) is 3. The third-order valence-electron chi connectivity index (χ3n) is 3.05. The number of hydrogen-bond acceptors (Lipinski definition) is 3. The second kappa shape index (κ2) is 4.97. The smallest absolute Gasteiger partial charge is 0.0539 e. The van der Waals surface area contributed by atoms with E-state index in [1.165, 1.54) is 24.1 Å². The van der Waals surface area contributed by atoms with Crippen molar-refractivity contribution in [2.45, 2.75) is 31.8 Å². The van der Waals surface area contributed by atoms with E-state index >= 15 is 0 Å². The SMILES string of the molecule is CNCc1cnn(CCN(C)C)c1C1CC1. The van der Waals surface area contributed by atoms with E-state index in [9.17, 15) is 0 Å². The Morgan fingerprint density at radius 1 is 1.50 bits per heavy atom. The second-order valence-corrected chi connectivity index (χ2v) is 4.89. The van der Waals surface area contributed by atoms with Gasteiger partial charge in [0, 0.05) is 30.3 Å². The number of aromatic nitrogens is 2. The Morgan fingerprint density at radius 2 is 2.25 bits per heavy atom. The molecule has 0 atom stereocenters. The number of nitrogens with one attached hydrogen (secondary N) is 1. The molecule has 0 aliphatic heterocycles. The van der Waals surface area contributed by atoms with Gasteiger partial charge in [0.05, 0.1) is 12.7 Å². The Balaban J connectivity index is 2.10. The van der Waals surface area contributed by atoms with E-state index in [1.54, 1.807) is 0 Å². The van der Waals surface area contributed by atoms with E-state index in [2.05, 4.69) is 34.1 Å². The van der Waals surface area contributed by atoms with E-state index < -0.39 is 0 Å². The molecule has 4 nitrogen and oxygen atoms in total. The van der Waals surface area contributed by atoms with Crippen molar-refractivity contribution in [3.05, 3.63) is 17.5 Å². The molecular formula is C12H22N4. The molecule has 1 aliphatic carbocycles. The molecule has 1 aliphatic rings. The third kappa shape index (κ3) is 2.62. The minimum absolute atomic E-state index is 0.771. The second-order valence-electron chi connectivity index (χ2n) is 4.89. The maximum atomic E-state index is 4.52. The van der Waals surface area contributed by atoms with Crippen LogP contribution in [0.3, 0.4) is 0 Å². The summed E-state index contributed by atoms with van der Waals surface area (Å²) in [5, 5.41) is 7.74. The molecule has 0 bridgehead atoms. The zero-order valence-electron chi connectivity index (χ0n) is 10.5. The Morgan fingerprint density at radius 3 is 2.81 bits per heavy atom. The molecule has 1 heterocycles. The molecule has 90 valence electrons. The predicted molar refractivity (Wildman–Crippen MR) is 65.5 cm³/mol. The van der Waals surface area contributed by atoms with Crippen molar-refractivity contribution in [2.75, 3.05) is 27.7 Å². The molecule has 2 rings (SSSR count). The van der Waals surface area contributed by atoms with Crippen LogP contribution in [0.25, 0.3) is 0 Å². The number of likely N-dealkylation sites (N-methyl/N-ethyl adjacent to an activating group) is 1. The first-order chi connectivity index (χ1) is 7.72. The fraction of sp³-hybridized carbons (Fsp3) is 0.750. The minimum Gasteiger partial charge on any atom is -0.316 e. The Bertz CT molecular complexity index is 339. The number of rotatable bonds is 6. The molecule has 0 unspecified atom stereocenters. The standard InChI is InChI=1S/C12H22N4/c1-13-8-11-9-14-16(7-6-15(2)3)12(11)10-4-5-10/h9-10,13H,4-8H2,1-3H3. The minimum atomic E-state index is 0.771. The summed E-state index contributed by atoms with van der Waals surface area (Å²) in [6.07, 6.45) is 4.70. The van der Waals surface area contributed by atoms with E-state index in [0.29, 0.717) is 0 Å². The quantitative estimate of drug-likeness (QED) is 0.781. The molecule has 1 aromatic heterocycles. The van der Waals surface area contributed by atoms with Gasteiger partial charge >= 0.3 is 0 Å². The zero-order chi connectivity index (χ0) is 11.5. The van der Waals surface area contributed by atoms with E-state index in [4.69, 9.17) is 0 Å². The molecule has 1 aromatic rings. The number of hydrogen-bond donors (Lipinski definition) is 1. The first kappa shape index (κ1) is 11.6. The maximum absolute atomic E-state index is 4.52. The molecule has 0 amide bonds. The average molecular weight is 222 g/mol. The van der Waals surface area contributed by atoms with Gasteiger partial charge in [0.15, 0.2) is 0 Å². The predicted octanol–water partition coefficient (Wildman–Crippen LogP) is 1.04. The van der Waals surface area contributed by atoms with Gasteiger partial charge in [-0.25, -0.2) is 0 Å². The van der Waals surface area contributed by atoms with Gasteiger partial charge in [-0.2, -0.15) is 5.10 Å². The lowest BCUT2D eigenvalue weighted by atomic mass is 10.2. The van der Waals surface area contributed by atoms with Crippen molar-refractivity contribution in [1.82, 2.24) is 20.0 Å². The highest BCUT2D eigenvalue weighted by atomic mass is 15.3. The molecule has 4 heteroatoms. The topological polar surface area (TPSA) is 33.1 Å². The van der Waals surface area contributed by atoms with Crippen LogP contribution in [0.1, 0.15) is 30.0 Å². The van der Waals surface area contributed by atoms with Crippen molar-refractivity contribution in [3.8, 4) is 0 Å². The molecule has 0 spiro atoms. The summed E-state index contributed by atoms with van der Waals surface area (Å²) in [5.74, 6) is 0.771. The van der Waals surface area contributed by atoms with Crippen LogP contribution < -0.4 is 5.32 Å². The fourth-order valence-electron chi connectivity index (χ4n) is 2.06. The van der Waals surface area contributed by atoms with Gasteiger partial charge < -0.3 is 10.2 Å². The van der Waals surface area contributed by atoms with Crippen LogP contribution in [-0.2, 0) is 13.1 Å². The lowest BCUT2D eigenvalue weighted by Gasteiger charge is -2.12. The highest BCUT2D eigenvalue weighted by molar-refractivity contribution is 5.25. The van der Waals surface area contributed by atoms with Crippen molar-refractivity contribution in [3.63, 3.8) is 0 Å². The van der Waals surface area contributed by atoms with Gasteiger partial charge in [0.25, 0.3) is 0 Å². The van der Waals surface area contributed by atoms with Crippen molar-refractivity contribution >= 4 is 0 Å². The first-order valence-corrected chi connectivity index (χ1v) is 6.06. The van der Waals surface area contributed by atoms with Crippen LogP contribution >= 0.6 is 0 Å². The largest absolute Gasteiger partial charge is 0.316 e. The summed E-state index contributed by atoms with van der Waals surface area (Å²) in [6, 6.07) is 0. The molecule has 1 fully saturated rings. The van der Waals surface area contributed by atoms with Gasteiger partial charge in [0.1, 0.15) is 0 Å². The molecular weight excluding hydrogens is 200 g/mol. The van der Waals surface area contributed by atoms with E-state index in [1.807, 2.05) is 13.2 Å². The Kier molecular flexibility index (Phi) is 3.61. The third-order valence-corrected chi connectivity index (χ3v) is 3.05. The van der Waals surface area contributed by atoms with Gasteiger partial charge in [0.2, 0.25) is 0 Å². The summed E-state index contributed by atoms with van der Waals surface area (Å²) >= 11 is 0. The summed E-state index contributed by atoms with van der Waals surface area (Å²) < 4.78 is 2.20. The molecule has 0 aromatic carbocycles. The molecule has 0 saturated heterocycles.